The zero-order valence-electron chi connectivity index (χ0n) is 18.0. The minimum Gasteiger partial charge on any atom is -0.480 e. The maximum absolute atomic E-state index is 12.6. The maximum atomic E-state index is 12.6. The first kappa shape index (κ1) is 22.0. The molecule has 0 bridgehead atoms. The molecule has 2 heterocycles. The molecule has 34 heavy (non-hydrogen) atoms. The number of benzene rings is 2. The number of carbonyl (C=O) groups is 3. The van der Waals surface area contributed by atoms with Crippen LogP contribution in [0.4, 0.5) is 4.79 Å². The lowest BCUT2D eigenvalue weighted by atomic mass is 9.98. The Labute approximate surface area is 199 Å². The van der Waals surface area contributed by atoms with Crippen LogP contribution < -0.4 is 5.32 Å². The minimum atomic E-state index is -1.06. The van der Waals surface area contributed by atoms with E-state index < -0.39 is 24.0 Å². The van der Waals surface area contributed by atoms with E-state index in [9.17, 15) is 19.5 Å². The second-order valence-corrected chi connectivity index (χ2v) is 8.99. The number of thioether (sulfide) groups is 1. The molecule has 0 spiro atoms. The molecule has 2 aliphatic rings. The molecule has 3 aromatic rings. The van der Waals surface area contributed by atoms with Crippen LogP contribution in [0.25, 0.3) is 11.1 Å². The van der Waals surface area contributed by atoms with Gasteiger partial charge < -0.3 is 24.6 Å². The fourth-order valence-electron chi connectivity index (χ4n) is 4.30. The van der Waals surface area contributed by atoms with E-state index >= 15 is 0 Å². The third-order valence-electron chi connectivity index (χ3n) is 5.96. The van der Waals surface area contributed by atoms with Crippen LogP contribution in [-0.2, 0) is 16.1 Å². The van der Waals surface area contributed by atoms with Gasteiger partial charge in [0.05, 0.1) is 12.4 Å². The summed E-state index contributed by atoms with van der Waals surface area (Å²) in [6.07, 6.45) is -0.618. The molecule has 10 heteroatoms. The lowest BCUT2D eigenvalue weighted by Crippen LogP contribution is -2.41. The first-order valence-corrected chi connectivity index (χ1v) is 11.8. The molecule has 1 aromatic heterocycles. The Morgan fingerprint density at radius 3 is 2.47 bits per heavy atom. The Morgan fingerprint density at radius 2 is 1.79 bits per heavy atom. The average molecular weight is 480 g/mol. The third-order valence-corrected chi connectivity index (χ3v) is 6.97. The molecule has 2 N–H and O–H groups in total. The molecular formula is C24H21N3O6S. The van der Waals surface area contributed by atoms with Gasteiger partial charge in [0.15, 0.2) is 11.5 Å². The third kappa shape index (κ3) is 4.12. The zero-order valence-corrected chi connectivity index (χ0v) is 18.8. The molecule has 1 aliphatic heterocycles. The summed E-state index contributed by atoms with van der Waals surface area (Å²) in [5.74, 6) is -0.762. The first-order chi connectivity index (χ1) is 16.5. The number of aromatic nitrogens is 1. The number of amides is 2. The highest BCUT2D eigenvalue weighted by molar-refractivity contribution is 7.99. The number of fused-ring (bicyclic) bond motifs is 3. The van der Waals surface area contributed by atoms with Crippen LogP contribution >= 0.6 is 11.8 Å². The van der Waals surface area contributed by atoms with Crippen molar-refractivity contribution in [3.63, 3.8) is 0 Å². The highest BCUT2D eigenvalue weighted by Gasteiger charge is 2.36. The van der Waals surface area contributed by atoms with Crippen molar-refractivity contribution < 1.29 is 28.8 Å². The average Bonchev–Trinajstić information content (AvgIpc) is 3.59. The Kier molecular flexibility index (Phi) is 5.97. The van der Waals surface area contributed by atoms with Crippen molar-refractivity contribution in [3.8, 4) is 11.1 Å². The highest BCUT2D eigenvalue weighted by atomic mass is 32.2. The zero-order chi connectivity index (χ0) is 23.7. The van der Waals surface area contributed by atoms with Gasteiger partial charge in [-0.05, 0) is 22.3 Å². The first-order valence-electron chi connectivity index (χ1n) is 10.7. The number of carbonyl (C=O) groups excluding carboxylic acids is 2. The molecule has 2 aromatic carbocycles. The summed E-state index contributed by atoms with van der Waals surface area (Å²) in [6.45, 7) is 0.164. The van der Waals surface area contributed by atoms with Gasteiger partial charge in [0, 0.05) is 17.7 Å². The molecule has 1 fully saturated rings. The van der Waals surface area contributed by atoms with Crippen LogP contribution in [0.3, 0.4) is 0 Å². The molecule has 1 aliphatic carbocycles. The van der Waals surface area contributed by atoms with Crippen molar-refractivity contribution in [1.82, 2.24) is 15.4 Å². The number of hydrogen-bond acceptors (Lipinski definition) is 7. The Bertz CT molecular complexity index is 1210. The minimum absolute atomic E-state index is 0.00177. The molecule has 1 unspecified atom stereocenters. The van der Waals surface area contributed by atoms with E-state index in [1.165, 1.54) is 22.7 Å². The molecule has 2 amide bonds. The van der Waals surface area contributed by atoms with Gasteiger partial charge in [0.2, 0.25) is 0 Å². The SMILES string of the molecule is O=C(NCc1cc(C(=O)N2CSCC2C(=O)O)no1)OCC1c2ccccc2-c2ccccc21. The molecule has 174 valence electrons. The van der Waals surface area contributed by atoms with Gasteiger partial charge in [-0.3, -0.25) is 4.79 Å². The van der Waals surface area contributed by atoms with Crippen molar-refractivity contribution in [2.24, 2.45) is 0 Å². The standard InChI is InChI=1S/C24H21N3O6S/c28-22(27-13-34-12-21(27)23(29)30)20-9-14(33-26-20)10-25-24(31)32-11-19-17-7-3-1-5-15(17)16-6-2-4-8-18(16)19/h1-9,19,21H,10-13H2,(H,25,31)(H,29,30). The Hall–Kier alpha value is -3.79. The lowest BCUT2D eigenvalue weighted by Gasteiger charge is -2.18. The van der Waals surface area contributed by atoms with E-state index in [0.29, 0.717) is 5.75 Å². The number of ether oxygens (including phenoxy) is 1. The summed E-state index contributed by atoms with van der Waals surface area (Å²) in [7, 11) is 0. The summed E-state index contributed by atoms with van der Waals surface area (Å²) >= 11 is 1.36. The number of rotatable bonds is 6. The van der Waals surface area contributed by atoms with Crippen molar-refractivity contribution in [2.45, 2.75) is 18.5 Å². The highest BCUT2D eigenvalue weighted by Crippen LogP contribution is 2.44. The van der Waals surface area contributed by atoms with E-state index in [0.717, 1.165) is 22.3 Å². The topological polar surface area (TPSA) is 122 Å². The van der Waals surface area contributed by atoms with Crippen molar-refractivity contribution in [2.75, 3.05) is 18.2 Å². The van der Waals surface area contributed by atoms with Crippen LogP contribution in [0.5, 0.6) is 0 Å². The maximum Gasteiger partial charge on any atom is 0.407 e. The Morgan fingerprint density at radius 1 is 1.12 bits per heavy atom. The number of carboxylic acids is 1. The Balaban J connectivity index is 1.17. The summed E-state index contributed by atoms with van der Waals surface area (Å²) in [6, 6.07) is 16.7. The summed E-state index contributed by atoms with van der Waals surface area (Å²) in [5, 5.41) is 15.6. The smallest absolute Gasteiger partial charge is 0.407 e. The monoisotopic (exact) mass is 479 g/mol. The lowest BCUT2D eigenvalue weighted by molar-refractivity contribution is -0.140. The van der Waals surface area contributed by atoms with Crippen molar-refractivity contribution in [1.29, 1.82) is 0 Å². The molecule has 0 saturated carbocycles. The van der Waals surface area contributed by atoms with Gasteiger partial charge in [-0.1, -0.05) is 53.7 Å². The van der Waals surface area contributed by atoms with E-state index in [-0.39, 0.29) is 36.4 Å². The fraction of sp³-hybridized carbons (Fsp3) is 0.250. The van der Waals surface area contributed by atoms with Crippen LogP contribution in [0, 0.1) is 0 Å². The van der Waals surface area contributed by atoms with Gasteiger partial charge >= 0.3 is 12.1 Å². The van der Waals surface area contributed by atoms with E-state index in [1.54, 1.807) is 0 Å². The van der Waals surface area contributed by atoms with Crippen LogP contribution in [-0.4, -0.2) is 57.4 Å². The predicted molar refractivity (Wildman–Crippen MR) is 123 cm³/mol. The summed E-state index contributed by atoms with van der Waals surface area (Å²) < 4.78 is 10.6. The van der Waals surface area contributed by atoms with Gasteiger partial charge in [0.1, 0.15) is 12.6 Å². The summed E-state index contributed by atoms with van der Waals surface area (Å²) in [5.41, 5.74) is 4.53. The molecule has 1 atom stereocenters. The molecule has 0 radical (unpaired) electrons. The number of nitrogens with one attached hydrogen (secondary N) is 1. The van der Waals surface area contributed by atoms with Crippen molar-refractivity contribution in [3.05, 3.63) is 77.2 Å². The summed E-state index contributed by atoms with van der Waals surface area (Å²) in [4.78, 5) is 37.5. The van der Waals surface area contributed by atoms with E-state index in [2.05, 4.69) is 22.6 Å². The van der Waals surface area contributed by atoms with E-state index in [4.69, 9.17) is 9.26 Å². The van der Waals surface area contributed by atoms with Gasteiger partial charge in [0.25, 0.3) is 5.91 Å². The second kappa shape index (κ2) is 9.22. The predicted octanol–water partition coefficient (Wildman–Crippen LogP) is 3.31. The normalized spacial score (nSPS) is 16.7. The number of aliphatic carboxylic acids is 1. The van der Waals surface area contributed by atoms with Crippen LogP contribution in [0.2, 0.25) is 0 Å². The van der Waals surface area contributed by atoms with Gasteiger partial charge in [-0.15, -0.1) is 11.8 Å². The van der Waals surface area contributed by atoms with Gasteiger partial charge in [-0.25, -0.2) is 9.59 Å². The van der Waals surface area contributed by atoms with Gasteiger partial charge in [-0.2, -0.15) is 0 Å². The number of alkyl carbamates (subject to hydrolysis) is 1. The molecule has 1 saturated heterocycles. The largest absolute Gasteiger partial charge is 0.480 e. The number of hydrogen-bond donors (Lipinski definition) is 2. The second-order valence-electron chi connectivity index (χ2n) is 7.99. The number of carboxylic acid groups (broad SMARTS) is 1. The molecular weight excluding hydrogens is 458 g/mol. The number of nitrogens with zero attached hydrogens (tertiary/aromatic N) is 2. The molecule has 9 nitrogen and oxygen atoms in total. The van der Waals surface area contributed by atoms with Crippen LogP contribution in [0.1, 0.15) is 33.3 Å². The van der Waals surface area contributed by atoms with Crippen LogP contribution in [0.15, 0.2) is 59.1 Å². The fourth-order valence-corrected chi connectivity index (χ4v) is 5.45. The van der Waals surface area contributed by atoms with Crippen molar-refractivity contribution >= 4 is 29.7 Å². The quantitative estimate of drug-likeness (QED) is 0.552. The molecule has 5 rings (SSSR count). The van der Waals surface area contributed by atoms with E-state index in [1.807, 2.05) is 36.4 Å².